The monoisotopic (exact) mass is 270 g/mol. The molecule has 0 heterocycles. The van der Waals surface area contributed by atoms with Crippen LogP contribution in [0.15, 0.2) is 12.2 Å². The van der Waals surface area contributed by atoms with Crippen molar-refractivity contribution in [1.82, 2.24) is 0 Å². The van der Waals surface area contributed by atoms with Crippen molar-refractivity contribution in [2.75, 3.05) is 0 Å². The molecule has 0 radical (unpaired) electrons. The number of carboxylic acids is 2. The molecule has 0 amide bonds. The summed E-state index contributed by atoms with van der Waals surface area (Å²) < 4.78 is 0. The van der Waals surface area contributed by atoms with Crippen LogP contribution in [-0.2, 0) is 9.59 Å². The fourth-order valence-corrected chi connectivity index (χ4v) is 2.08. The zero-order valence-electron chi connectivity index (χ0n) is 11.9. The van der Waals surface area contributed by atoms with E-state index in [4.69, 9.17) is 10.2 Å². The van der Waals surface area contributed by atoms with Crippen molar-refractivity contribution in [3.63, 3.8) is 0 Å². The normalized spacial score (nSPS) is 12.1. The van der Waals surface area contributed by atoms with Gasteiger partial charge in [0.15, 0.2) is 0 Å². The Balaban J connectivity index is 3.74. The molecule has 0 saturated carbocycles. The summed E-state index contributed by atoms with van der Waals surface area (Å²) >= 11 is 0. The SMILES string of the molecule is C=C(C(=O)O)C(CCCCCCCCCC)C(=O)O. The molecule has 4 nitrogen and oxygen atoms in total. The lowest BCUT2D eigenvalue weighted by Crippen LogP contribution is -2.20. The van der Waals surface area contributed by atoms with E-state index in [0.29, 0.717) is 6.42 Å². The Morgan fingerprint density at radius 2 is 1.42 bits per heavy atom. The molecule has 0 aromatic carbocycles. The van der Waals surface area contributed by atoms with Crippen molar-refractivity contribution < 1.29 is 19.8 Å². The van der Waals surface area contributed by atoms with Crippen LogP contribution in [0.5, 0.6) is 0 Å². The quantitative estimate of drug-likeness (QED) is 0.417. The predicted molar refractivity (Wildman–Crippen MR) is 75.1 cm³/mol. The van der Waals surface area contributed by atoms with Crippen LogP contribution >= 0.6 is 0 Å². The number of unbranched alkanes of at least 4 members (excludes halogenated alkanes) is 7. The van der Waals surface area contributed by atoms with Crippen molar-refractivity contribution in [2.24, 2.45) is 5.92 Å². The van der Waals surface area contributed by atoms with E-state index in [1.807, 2.05) is 0 Å². The van der Waals surface area contributed by atoms with E-state index in [0.717, 1.165) is 19.3 Å². The molecule has 0 aromatic heterocycles. The fourth-order valence-electron chi connectivity index (χ4n) is 2.08. The Kier molecular flexibility index (Phi) is 9.85. The van der Waals surface area contributed by atoms with Crippen LogP contribution in [0.1, 0.15) is 64.7 Å². The van der Waals surface area contributed by atoms with Crippen molar-refractivity contribution in [3.8, 4) is 0 Å². The Hall–Kier alpha value is -1.32. The highest BCUT2D eigenvalue weighted by Gasteiger charge is 2.24. The van der Waals surface area contributed by atoms with E-state index in [-0.39, 0.29) is 5.57 Å². The third kappa shape index (κ3) is 8.41. The summed E-state index contributed by atoms with van der Waals surface area (Å²) in [4.78, 5) is 21.7. The zero-order valence-corrected chi connectivity index (χ0v) is 11.9. The molecule has 0 saturated heterocycles. The van der Waals surface area contributed by atoms with E-state index in [1.54, 1.807) is 0 Å². The molecule has 1 atom stereocenters. The van der Waals surface area contributed by atoms with Gasteiger partial charge in [-0.2, -0.15) is 0 Å². The minimum Gasteiger partial charge on any atom is -0.481 e. The minimum atomic E-state index is -1.22. The van der Waals surface area contributed by atoms with Gasteiger partial charge in [-0.1, -0.05) is 64.9 Å². The second-order valence-corrected chi connectivity index (χ2v) is 4.98. The lowest BCUT2D eigenvalue weighted by molar-refractivity contribution is -0.144. The Morgan fingerprint density at radius 1 is 0.947 bits per heavy atom. The fraction of sp³-hybridized carbons (Fsp3) is 0.733. The summed E-state index contributed by atoms with van der Waals surface area (Å²) in [5.74, 6) is -3.25. The number of rotatable bonds is 12. The first-order chi connectivity index (χ1) is 9.00. The van der Waals surface area contributed by atoms with Gasteiger partial charge in [0.2, 0.25) is 0 Å². The van der Waals surface area contributed by atoms with Gasteiger partial charge in [-0.05, 0) is 6.42 Å². The maximum absolute atomic E-state index is 11.0. The van der Waals surface area contributed by atoms with Gasteiger partial charge in [0.1, 0.15) is 0 Å². The molecule has 0 fully saturated rings. The molecule has 2 N–H and O–H groups in total. The number of hydrogen-bond donors (Lipinski definition) is 2. The summed E-state index contributed by atoms with van der Waals surface area (Å²) in [6.07, 6.45) is 9.36. The van der Waals surface area contributed by atoms with Crippen molar-refractivity contribution >= 4 is 11.9 Å². The first kappa shape index (κ1) is 17.7. The van der Waals surface area contributed by atoms with Crippen molar-refractivity contribution in [2.45, 2.75) is 64.7 Å². The Bertz CT molecular complexity index is 297. The highest BCUT2D eigenvalue weighted by atomic mass is 16.4. The molecule has 19 heavy (non-hydrogen) atoms. The Labute approximate surface area is 115 Å². The van der Waals surface area contributed by atoms with Crippen LogP contribution < -0.4 is 0 Å². The predicted octanol–water partition coefficient (Wildman–Crippen LogP) is 3.86. The molecule has 0 rings (SSSR count). The van der Waals surface area contributed by atoms with Gasteiger partial charge in [-0.3, -0.25) is 4.79 Å². The highest BCUT2D eigenvalue weighted by Crippen LogP contribution is 2.19. The number of hydrogen-bond acceptors (Lipinski definition) is 2. The summed E-state index contributed by atoms with van der Waals surface area (Å²) in [5.41, 5.74) is -0.213. The first-order valence-electron chi connectivity index (χ1n) is 7.15. The van der Waals surface area contributed by atoms with E-state index in [9.17, 15) is 9.59 Å². The van der Waals surface area contributed by atoms with Gasteiger partial charge in [0, 0.05) is 5.57 Å². The number of carboxylic acid groups (broad SMARTS) is 2. The minimum absolute atomic E-state index is 0.213. The van der Waals surface area contributed by atoms with Crippen LogP contribution in [0, 0.1) is 5.92 Å². The number of carbonyl (C=O) groups is 2. The van der Waals surface area contributed by atoms with Crippen LogP contribution in [0.4, 0.5) is 0 Å². The first-order valence-corrected chi connectivity index (χ1v) is 7.15. The van der Waals surface area contributed by atoms with Gasteiger partial charge in [-0.25, -0.2) is 4.79 Å². The molecule has 4 heteroatoms. The van der Waals surface area contributed by atoms with Crippen molar-refractivity contribution in [3.05, 3.63) is 12.2 Å². The van der Waals surface area contributed by atoms with Crippen LogP contribution in [0.3, 0.4) is 0 Å². The topological polar surface area (TPSA) is 74.6 Å². The molecule has 0 aliphatic carbocycles. The van der Waals surface area contributed by atoms with Gasteiger partial charge in [-0.15, -0.1) is 0 Å². The summed E-state index contributed by atoms with van der Waals surface area (Å²) in [6, 6.07) is 0. The van der Waals surface area contributed by atoms with Gasteiger partial charge < -0.3 is 10.2 Å². The maximum Gasteiger partial charge on any atom is 0.331 e. The molecular weight excluding hydrogens is 244 g/mol. The molecular formula is C15H26O4. The smallest absolute Gasteiger partial charge is 0.331 e. The van der Waals surface area contributed by atoms with E-state index < -0.39 is 17.9 Å². The lowest BCUT2D eigenvalue weighted by Gasteiger charge is -2.11. The largest absolute Gasteiger partial charge is 0.481 e. The number of aliphatic carboxylic acids is 2. The summed E-state index contributed by atoms with van der Waals surface area (Å²) in [6.45, 7) is 5.53. The van der Waals surface area contributed by atoms with Crippen LogP contribution in [0.2, 0.25) is 0 Å². The van der Waals surface area contributed by atoms with Crippen LogP contribution in [0.25, 0.3) is 0 Å². The third-order valence-corrected chi connectivity index (χ3v) is 3.34. The molecule has 0 spiro atoms. The van der Waals surface area contributed by atoms with E-state index >= 15 is 0 Å². The van der Waals surface area contributed by atoms with Gasteiger partial charge >= 0.3 is 11.9 Å². The molecule has 110 valence electrons. The average molecular weight is 270 g/mol. The molecule has 0 aliphatic heterocycles. The van der Waals surface area contributed by atoms with Gasteiger partial charge in [0.05, 0.1) is 5.92 Å². The standard InChI is InChI=1S/C15H26O4/c1-3-4-5-6-7-8-9-10-11-13(15(18)19)12(2)14(16)17/h13H,2-11H2,1H3,(H,16,17)(H,18,19). The van der Waals surface area contributed by atoms with Crippen LogP contribution in [-0.4, -0.2) is 22.2 Å². The lowest BCUT2D eigenvalue weighted by atomic mass is 9.93. The molecule has 0 aromatic rings. The third-order valence-electron chi connectivity index (χ3n) is 3.34. The Morgan fingerprint density at radius 3 is 1.84 bits per heavy atom. The average Bonchev–Trinajstić information content (AvgIpc) is 2.35. The van der Waals surface area contributed by atoms with E-state index in [1.165, 1.54) is 32.1 Å². The summed E-state index contributed by atoms with van der Waals surface area (Å²) in [7, 11) is 0. The second-order valence-electron chi connectivity index (χ2n) is 4.98. The highest BCUT2D eigenvalue weighted by molar-refractivity contribution is 5.93. The molecule has 1 unspecified atom stereocenters. The second kappa shape index (κ2) is 10.6. The summed E-state index contributed by atoms with van der Waals surface area (Å²) in [5, 5.41) is 17.7. The maximum atomic E-state index is 11.0. The van der Waals surface area contributed by atoms with Gasteiger partial charge in [0.25, 0.3) is 0 Å². The van der Waals surface area contributed by atoms with Crippen molar-refractivity contribution in [1.29, 1.82) is 0 Å². The zero-order chi connectivity index (χ0) is 14.7. The molecule has 0 aliphatic rings. The molecule has 0 bridgehead atoms. The van der Waals surface area contributed by atoms with E-state index in [2.05, 4.69) is 13.5 Å².